The number of ether oxygens (including phenoxy) is 2. The van der Waals surface area contributed by atoms with E-state index in [1.807, 2.05) is 33.8 Å². The molecular formula is C27H39N3O6S. The van der Waals surface area contributed by atoms with Crippen LogP contribution in [0.1, 0.15) is 46.1 Å². The first-order chi connectivity index (χ1) is 17.5. The van der Waals surface area contributed by atoms with Crippen LogP contribution in [0.3, 0.4) is 0 Å². The number of hydrogen-bond donors (Lipinski definition) is 1. The lowest BCUT2D eigenvalue weighted by atomic mass is 10.1. The highest BCUT2D eigenvalue weighted by Crippen LogP contribution is 2.23. The Morgan fingerprint density at radius 3 is 2.22 bits per heavy atom. The zero-order chi connectivity index (χ0) is 27.6. The Balaban J connectivity index is 2.43. The molecule has 0 radical (unpaired) electrons. The quantitative estimate of drug-likeness (QED) is 0.398. The lowest BCUT2D eigenvalue weighted by molar-refractivity contribution is -0.140. The summed E-state index contributed by atoms with van der Waals surface area (Å²) >= 11 is 0. The average Bonchev–Trinajstić information content (AvgIpc) is 2.87. The number of carbonyl (C=O) groups excluding carboxylic acids is 2. The predicted molar refractivity (Wildman–Crippen MR) is 145 cm³/mol. The summed E-state index contributed by atoms with van der Waals surface area (Å²) in [4.78, 5) is 28.4. The molecule has 0 saturated heterocycles. The fraction of sp³-hybridized carbons (Fsp3) is 0.481. The van der Waals surface area contributed by atoms with Gasteiger partial charge in [-0.05, 0) is 68.7 Å². The van der Waals surface area contributed by atoms with Gasteiger partial charge in [0.15, 0.2) is 0 Å². The molecule has 0 aliphatic rings. The van der Waals surface area contributed by atoms with Gasteiger partial charge >= 0.3 is 0 Å². The number of nitrogens with one attached hydrogen (secondary N) is 1. The Hall–Kier alpha value is -3.27. The van der Waals surface area contributed by atoms with Gasteiger partial charge in [-0.2, -0.15) is 0 Å². The molecule has 0 bridgehead atoms. The monoisotopic (exact) mass is 533 g/mol. The number of carbonyl (C=O) groups is 2. The van der Waals surface area contributed by atoms with Crippen LogP contribution in [-0.4, -0.2) is 63.7 Å². The molecule has 2 atom stereocenters. The summed E-state index contributed by atoms with van der Waals surface area (Å²) in [5.41, 5.74) is 1.09. The molecule has 2 rings (SSSR count). The van der Waals surface area contributed by atoms with E-state index in [9.17, 15) is 18.0 Å². The highest BCUT2D eigenvalue weighted by atomic mass is 32.2. The Morgan fingerprint density at radius 2 is 1.68 bits per heavy atom. The molecule has 0 aliphatic carbocycles. The van der Waals surface area contributed by atoms with Gasteiger partial charge in [0.2, 0.25) is 21.8 Å². The van der Waals surface area contributed by atoms with Gasteiger partial charge in [0, 0.05) is 12.6 Å². The van der Waals surface area contributed by atoms with Crippen molar-refractivity contribution in [3.63, 3.8) is 0 Å². The highest BCUT2D eigenvalue weighted by molar-refractivity contribution is 7.92. The second kappa shape index (κ2) is 13.9. The second-order valence-electron chi connectivity index (χ2n) is 8.81. The summed E-state index contributed by atoms with van der Waals surface area (Å²) in [6.45, 7) is 7.68. The SMILES string of the molecule is CCOc1ccc(N(CC(=O)N(Cc2cccc(OC)c2)[C@@H](CC)C(=O)N[C@H](C)CC)S(C)(=O)=O)cc1. The minimum Gasteiger partial charge on any atom is -0.497 e. The average molecular weight is 534 g/mol. The van der Waals surface area contributed by atoms with Crippen molar-refractivity contribution in [2.75, 3.05) is 30.8 Å². The minimum absolute atomic E-state index is 0.0632. The molecule has 37 heavy (non-hydrogen) atoms. The zero-order valence-electron chi connectivity index (χ0n) is 22.6. The standard InChI is InChI=1S/C27H39N3O6S/c1-7-20(4)28-27(32)25(8-2)29(18-21-11-10-12-24(17-21)35-5)26(31)19-30(37(6,33)34)22-13-15-23(16-14-22)36-9-3/h10-17,20,25H,7-9,18-19H2,1-6H3,(H,28,32)/t20-,25+/m1/s1. The van der Waals surface area contributed by atoms with E-state index in [-0.39, 0.29) is 18.5 Å². The third-order valence-electron chi connectivity index (χ3n) is 5.99. The van der Waals surface area contributed by atoms with E-state index in [2.05, 4.69) is 5.32 Å². The molecule has 0 aromatic heterocycles. The highest BCUT2D eigenvalue weighted by Gasteiger charge is 2.32. The maximum atomic E-state index is 13.7. The van der Waals surface area contributed by atoms with E-state index in [0.717, 1.165) is 22.5 Å². The van der Waals surface area contributed by atoms with E-state index < -0.39 is 28.5 Å². The molecule has 10 heteroatoms. The third kappa shape index (κ3) is 8.66. The van der Waals surface area contributed by atoms with Crippen LogP contribution in [0.4, 0.5) is 5.69 Å². The first-order valence-corrected chi connectivity index (χ1v) is 14.3. The fourth-order valence-corrected chi connectivity index (χ4v) is 4.67. The van der Waals surface area contributed by atoms with Crippen LogP contribution in [-0.2, 0) is 26.2 Å². The minimum atomic E-state index is -3.81. The number of hydrogen-bond acceptors (Lipinski definition) is 6. The molecule has 0 spiro atoms. The van der Waals surface area contributed by atoms with Gasteiger partial charge in [0.25, 0.3) is 0 Å². The Kier molecular flexibility index (Phi) is 11.2. The first kappa shape index (κ1) is 30.0. The number of amides is 2. The summed E-state index contributed by atoms with van der Waals surface area (Å²) in [6, 6.07) is 12.9. The van der Waals surface area contributed by atoms with Crippen LogP contribution >= 0.6 is 0 Å². The van der Waals surface area contributed by atoms with Gasteiger partial charge in [0.1, 0.15) is 24.1 Å². The van der Waals surface area contributed by atoms with Crippen LogP contribution in [0.25, 0.3) is 0 Å². The Morgan fingerprint density at radius 1 is 1.00 bits per heavy atom. The molecule has 0 fully saturated rings. The maximum Gasteiger partial charge on any atom is 0.244 e. The van der Waals surface area contributed by atoms with Gasteiger partial charge < -0.3 is 19.7 Å². The summed E-state index contributed by atoms with van der Waals surface area (Å²) in [7, 11) is -2.25. The molecule has 0 unspecified atom stereocenters. The Labute approximate surface area is 220 Å². The van der Waals surface area contributed by atoms with Gasteiger partial charge in [0.05, 0.1) is 25.7 Å². The lowest BCUT2D eigenvalue weighted by Gasteiger charge is -2.33. The van der Waals surface area contributed by atoms with E-state index >= 15 is 0 Å². The van der Waals surface area contributed by atoms with E-state index in [1.165, 1.54) is 4.90 Å². The number of rotatable bonds is 14. The van der Waals surface area contributed by atoms with Crippen molar-refractivity contribution in [3.8, 4) is 11.5 Å². The van der Waals surface area contributed by atoms with Crippen molar-refractivity contribution in [2.45, 2.75) is 59.2 Å². The molecule has 0 heterocycles. The van der Waals surface area contributed by atoms with Crippen LogP contribution in [0.2, 0.25) is 0 Å². The van der Waals surface area contributed by atoms with E-state index in [0.29, 0.717) is 30.2 Å². The number of sulfonamides is 1. The summed E-state index contributed by atoms with van der Waals surface area (Å²) in [5.74, 6) is 0.445. The molecular weight excluding hydrogens is 494 g/mol. The number of benzene rings is 2. The van der Waals surface area contributed by atoms with E-state index in [1.54, 1.807) is 49.6 Å². The predicted octanol–water partition coefficient (Wildman–Crippen LogP) is 3.58. The summed E-state index contributed by atoms with van der Waals surface area (Å²) in [6.07, 6.45) is 2.15. The number of nitrogens with zero attached hydrogens (tertiary/aromatic N) is 2. The molecule has 1 N–H and O–H groups in total. The van der Waals surface area contributed by atoms with Crippen molar-refractivity contribution in [1.29, 1.82) is 0 Å². The second-order valence-corrected chi connectivity index (χ2v) is 10.7. The smallest absolute Gasteiger partial charge is 0.244 e. The lowest BCUT2D eigenvalue weighted by Crippen LogP contribution is -2.53. The third-order valence-corrected chi connectivity index (χ3v) is 7.13. The topological polar surface area (TPSA) is 105 Å². The first-order valence-electron chi connectivity index (χ1n) is 12.5. The van der Waals surface area contributed by atoms with Crippen molar-refractivity contribution in [2.24, 2.45) is 0 Å². The van der Waals surface area contributed by atoms with Gasteiger partial charge in [-0.15, -0.1) is 0 Å². The van der Waals surface area contributed by atoms with Crippen molar-refractivity contribution >= 4 is 27.5 Å². The van der Waals surface area contributed by atoms with Crippen molar-refractivity contribution in [1.82, 2.24) is 10.2 Å². The fourth-order valence-electron chi connectivity index (χ4n) is 3.82. The van der Waals surface area contributed by atoms with Crippen LogP contribution in [0.5, 0.6) is 11.5 Å². The molecule has 2 aromatic rings. The maximum absolute atomic E-state index is 13.7. The van der Waals surface area contributed by atoms with E-state index in [4.69, 9.17) is 9.47 Å². The Bertz CT molecular complexity index is 1140. The molecule has 204 valence electrons. The summed E-state index contributed by atoms with van der Waals surface area (Å²) < 4.78 is 37.3. The largest absolute Gasteiger partial charge is 0.497 e. The zero-order valence-corrected chi connectivity index (χ0v) is 23.4. The molecule has 0 aliphatic heterocycles. The molecule has 0 saturated carbocycles. The van der Waals surface area contributed by atoms with Gasteiger partial charge in [-0.25, -0.2) is 8.42 Å². The van der Waals surface area contributed by atoms with Gasteiger partial charge in [-0.1, -0.05) is 26.0 Å². The normalized spacial score (nSPS) is 12.8. The van der Waals surface area contributed by atoms with Crippen LogP contribution in [0, 0.1) is 0 Å². The van der Waals surface area contributed by atoms with Crippen LogP contribution < -0.4 is 19.1 Å². The number of methoxy groups -OCH3 is 1. The van der Waals surface area contributed by atoms with Gasteiger partial charge in [-0.3, -0.25) is 13.9 Å². The molecule has 2 aromatic carbocycles. The molecule has 2 amide bonds. The van der Waals surface area contributed by atoms with Crippen LogP contribution in [0.15, 0.2) is 48.5 Å². The molecule has 9 nitrogen and oxygen atoms in total. The van der Waals surface area contributed by atoms with Crippen molar-refractivity contribution in [3.05, 3.63) is 54.1 Å². The van der Waals surface area contributed by atoms with Crippen molar-refractivity contribution < 1.29 is 27.5 Å². The number of anilines is 1. The summed E-state index contributed by atoms with van der Waals surface area (Å²) in [5, 5.41) is 2.95.